The lowest BCUT2D eigenvalue weighted by Crippen LogP contribution is -2.44. The van der Waals surface area contributed by atoms with E-state index >= 15 is 0 Å². The quantitative estimate of drug-likeness (QED) is 0.271. The fourth-order valence-corrected chi connectivity index (χ4v) is 5.61. The first-order valence-electron chi connectivity index (χ1n) is 12.6. The van der Waals surface area contributed by atoms with Gasteiger partial charge in [0.1, 0.15) is 5.15 Å². The maximum absolute atomic E-state index is 6.36. The van der Waals surface area contributed by atoms with E-state index in [1.807, 2.05) is 12.3 Å². The number of nitrogens with zero attached hydrogens (tertiary/aromatic N) is 4. The molecule has 0 amide bonds. The minimum Gasteiger partial charge on any atom is -0.382 e. The molecule has 0 bridgehead atoms. The van der Waals surface area contributed by atoms with Crippen LogP contribution in [0.25, 0.3) is 0 Å². The van der Waals surface area contributed by atoms with Gasteiger partial charge in [0.05, 0.1) is 5.71 Å². The van der Waals surface area contributed by atoms with Crippen molar-refractivity contribution in [3.05, 3.63) is 58.4 Å². The highest BCUT2D eigenvalue weighted by Gasteiger charge is 2.24. The molecule has 2 aliphatic rings. The van der Waals surface area contributed by atoms with Crippen LogP contribution in [0.5, 0.6) is 0 Å². The topological polar surface area (TPSA) is 41.0 Å². The molecule has 7 heteroatoms. The normalized spacial score (nSPS) is 19.5. The lowest BCUT2D eigenvalue weighted by Gasteiger charge is -2.34. The highest BCUT2D eigenvalue weighted by atomic mass is 35.5. The Kier molecular flexibility index (Phi) is 8.46. The second-order valence-corrected chi connectivity index (χ2v) is 16.9. The number of rotatable bonds is 8. The third-order valence-corrected chi connectivity index (χ3v) is 8.87. The molecule has 184 valence electrons. The van der Waals surface area contributed by atoms with E-state index in [0.29, 0.717) is 11.1 Å². The van der Waals surface area contributed by atoms with E-state index in [4.69, 9.17) is 21.3 Å². The largest absolute Gasteiger partial charge is 0.382 e. The van der Waals surface area contributed by atoms with E-state index in [9.17, 15) is 0 Å². The predicted molar refractivity (Wildman–Crippen MR) is 147 cm³/mol. The van der Waals surface area contributed by atoms with E-state index in [0.717, 1.165) is 75.6 Å². The van der Waals surface area contributed by atoms with Crippen LogP contribution in [-0.2, 0) is 4.74 Å². The van der Waals surface area contributed by atoms with E-state index < -0.39 is 8.07 Å². The van der Waals surface area contributed by atoms with Gasteiger partial charge in [-0.25, -0.2) is 4.98 Å². The molecule has 0 N–H and O–H groups in total. The maximum Gasteiger partial charge on any atom is 0.129 e. The molecular weight excluding hydrogens is 460 g/mol. The second kappa shape index (κ2) is 11.3. The van der Waals surface area contributed by atoms with Crippen LogP contribution >= 0.6 is 11.6 Å². The molecule has 34 heavy (non-hydrogen) atoms. The van der Waals surface area contributed by atoms with Crippen LogP contribution in [-0.4, -0.2) is 76.7 Å². The molecular formula is C27H39ClN4OSi. The zero-order valence-corrected chi connectivity index (χ0v) is 22.9. The van der Waals surface area contributed by atoms with Gasteiger partial charge in [-0.05, 0) is 55.6 Å². The number of likely N-dealkylation sites (N-methyl/N-ethyl adjacent to an activating group) is 1. The number of anilines is 1. The summed E-state index contributed by atoms with van der Waals surface area (Å²) in [4.78, 5) is 14.3. The van der Waals surface area contributed by atoms with Crippen molar-refractivity contribution in [2.75, 3.05) is 57.9 Å². The van der Waals surface area contributed by atoms with Gasteiger partial charge in [0.25, 0.3) is 0 Å². The number of ether oxygens (including phenoxy) is 1. The van der Waals surface area contributed by atoms with Crippen LogP contribution in [0.2, 0.25) is 30.8 Å². The van der Waals surface area contributed by atoms with Crippen molar-refractivity contribution in [3.63, 3.8) is 0 Å². The summed E-state index contributed by atoms with van der Waals surface area (Å²) in [5, 5.41) is 0.521. The Morgan fingerprint density at radius 1 is 1.06 bits per heavy atom. The molecule has 5 nitrogen and oxygen atoms in total. The molecule has 1 aromatic carbocycles. The van der Waals surface area contributed by atoms with Crippen molar-refractivity contribution in [1.82, 2.24) is 9.88 Å². The van der Waals surface area contributed by atoms with Crippen LogP contribution in [0, 0.1) is 0 Å². The predicted octanol–water partition coefficient (Wildman–Crippen LogP) is 5.56. The van der Waals surface area contributed by atoms with Crippen molar-refractivity contribution >= 4 is 31.1 Å². The smallest absolute Gasteiger partial charge is 0.129 e. The number of hydrogen-bond acceptors (Lipinski definition) is 5. The van der Waals surface area contributed by atoms with Gasteiger partial charge in [0.2, 0.25) is 0 Å². The van der Waals surface area contributed by atoms with Gasteiger partial charge in [-0.1, -0.05) is 43.4 Å². The standard InChI is InChI=1S/C27H39ClN4OSi/c1-31-12-14-32(15-13-31)23-7-5-22(6-8-23)27-24-19-26(28)30-20-25(24)21(9-11-29-27)10-16-33-17-18-34(2,3)4/h5-8,19-21H,9-18H2,1-4H3. The molecule has 0 aliphatic carbocycles. The zero-order valence-electron chi connectivity index (χ0n) is 21.2. The SMILES string of the molecule is CN1CCN(c2ccc(C3=NCCC(CCOCC[Si](C)(C)C)c4cnc(Cl)cc43)cc2)CC1. The summed E-state index contributed by atoms with van der Waals surface area (Å²) in [5.41, 5.74) is 5.83. The Bertz CT molecular complexity index is 981. The highest BCUT2D eigenvalue weighted by molar-refractivity contribution is 6.76. The molecule has 0 radical (unpaired) electrons. The molecule has 1 atom stereocenters. The summed E-state index contributed by atoms with van der Waals surface area (Å²) in [5.74, 6) is 0.387. The van der Waals surface area contributed by atoms with E-state index in [1.54, 1.807) is 0 Å². The number of fused-ring (bicyclic) bond motifs is 1. The fourth-order valence-electron chi connectivity index (χ4n) is 4.69. The minimum absolute atomic E-state index is 0.387. The van der Waals surface area contributed by atoms with Crippen LogP contribution < -0.4 is 4.90 Å². The van der Waals surface area contributed by atoms with Crippen LogP contribution in [0.3, 0.4) is 0 Å². The molecule has 1 fully saturated rings. The monoisotopic (exact) mass is 498 g/mol. The first-order valence-corrected chi connectivity index (χ1v) is 16.7. The van der Waals surface area contributed by atoms with Crippen LogP contribution in [0.4, 0.5) is 5.69 Å². The lowest BCUT2D eigenvalue weighted by molar-refractivity contribution is 0.138. The van der Waals surface area contributed by atoms with Crippen LogP contribution in [0.15, 0.2) is 41.5 Å². The Hall–Kier alpha value is -1.73. The number of benzene rings is 1. The molecule has 4 rings (SSSR count). The first-order chi connectivity index (χ1) is 16.3. The molecule has 2 aromatic rings. The zero-order chi connectivity index (χ0) is 24.1. The molecule has 3 heterocycles. The molecule has 2 aliphatic heterocycles. The molecule has 1 saturated heterocycles. The lowest BCUT2D eigenvalue weighted by atomic mass is 9.89. The number of halogens is 1. The minimum atomic E-state index is -1.06. The Labute approximate surface area is 211 Å². The van der Waals surface area contributed by atoms with E-state index in [1.165, 1.54) is 17.3 Å². The van der Waals surface area contributed by atoms with Crippen molar-refractivity contribution in [2.24, 2.45) is 4.99 Å². The average molecular weight is 499 g/mol. The summed E-state index contributed by atoms with van der Waals surface area (Å²) in [6.07, 6.45) is 3.97. The van der Waals surface area contributed by atoms with Gasteiger partial charge >= 0.3 is 0 Å². The van der Waals surface area contributed by atoms with Gasteiger partial charge in [0, 0.05) is 77.0 Å². The number of piperazine rings is 1. The van der Waals surface area contributed by atoms with Gasteiger partial charge in [-0.15, -0.1) is 0 Å². The van der Waals surface area contributed by atoms with Gasteiger partial charge < -0.3 is 14.5 Å². The Balaban J connectivity index is 1.48. The van der Waals surface area contributed by atoms with E-state index in [-0.39, 0.29) is 0 Å². The fraction of sp³-hybridized carbons (Fsp3) is 0.556. The molecule has 1 unspecified atom stereocenters. The molecule has 0 saturated carbocycles. The number of aliphatic imine (C=N–C) groups is 1. The summed E-state index contributed by atoms with van der Waals surface area (Å²) in [7, 11) is 1.13. The average Bonchev–Trinajstić information content (AvgIpc) is 2.98. The number of pyridine rings is 1. The maximum atomic E-state index is 6.36. The number of aromatic nitrogens is 1. The van der Waals surface area contributed by atoms with Crippen molar-refractivity contribution in [1.29, 1.82) is 0 Å². The van der Waals surface area contributed by atoms with Crippen LogP contribution in [0.1, 0.15) is 35.4 Å². The third-order valence-electron chi connectivity index (χ3n) is 6.96. The van der Waals surface area contributed by atoms with Crippen molar-refractivity contribution in [2.45, 2.75) is 44.4 Å². The third kappa shape index (κ3) is 6.69. The second-order valence-electron chi connectivity index (χ2n) is 10.9. The summed E-state index contributed by atoms with van der Waals surface area (Å²) >= 11 is 6.36. The Morgan fingerprint density at radius 2 is 1.79 bits per heavy atom. The van der Waals surface area contributed by atoms with Gasteiger partial charge in [0.15, 0.2) is 0 Å². The summed E-state index contributed by atoms with van der Waals surface area (Å²) in [6, 6.07) is 12.1. The summed E-state index contributed by atoms with van der Waals surface area (Å²) in [6.45, 7) is 14.0. The first kappa shape index (κ1) is 25.4. The van der Waals surface area contributed by atoms with Gasteiger partial charge in [-0.2, -0.15) is 0 Å². The highest BCUT2D eigenvalue weighted by Crippen LogP contribution is 2.32. The molecule has 1 aromatic heterocycles. The van der Waals surface area contributed by atoms with Crippen molar-refractivity contribution < 1.29 is 4.74 Å². The van der Waals surface area contributed by atoms with Gasteiger partial charge in [-0.3, -0.25) is 4.99 Å². The Morgan fingerprint density at radius 3 is 2.50 bits per heavy atom. The summed E-state index contributed by atoms with van der Waals surface area (Å²) < 4.78 is 6.02. The van der Waals surface area contributed by atoms with Crippen molar-refractivity contribution in [3.8, 4) is 0 Å². The number of hydrogen-bond donors (Lipinski definition) is 0. The van der Waals surface area contributed by atoms with E-state index in [2.05, 4.69) is 65.7 Å². The molecule has 0 spiro atoms.